The molecule has 0 amide bonds. The quantitative estimate of drug-likeness (QED) is 0.715. The Balaban J connectivity index is 3.33. The first kappa shape index (κ1) is 12.2. The van der Waals surface area contributed by atoms with Crippen molar-refractivity contribution in [1.82, 2.24) is 0 Å². The van der Waals surface area contributed by atoms with E-state index in [1.54, 1.807) is 0 Å². The Morgan fingerprint density at radius 1 is 1.20 bits per heavy atom. The van der Waals surface area contributed by atoms with Crippen LogP contribution in [0.15, 0.2) is 16.6 Å². The van der Waals surface area contributed by atoms with E-state index in [0.29, 0.717) is 15.6 Å². The van der Waals surface area contributed by atoms with Gasteiger partial charge in [0.15, 0.2) is 0 Å². The fraction of sp³-hybridized carbons (Fsp3) is 0.300. The van der Waals surface area contributed by atoms with Crippen LogP contribution >= 0.6 is 15.9 Å². The summed E-state index contributed by atoms with van der Waals surface area (Å²) in [4.78, 5) is 11.1. The summed E-state index contributed by atoms with van der Waals surface area (Å²) in [6, 6.07) is 2.98. The third kappa shape index (κ3) is 2.59. The van der Waals surface area contributed by atoms with Crippen LogP contribution < -0.4 is 0 Å². The van der Waals surface area contributed by atoms with Gasteiger partial charge in [-0.1, -0.05) is 15.9 Å². The summed E-state index contributed by atoms with van der Waals surface area (Å²) in [5.41, 5.74) is 0.388. The van der Waals surface area contributed by atoms with Gasteiger partial charge in [0.2, 0.25) is 0 Å². The summed E-state index contributed by atoms with van der Waals surface area (Å²) in [6.45, 7) is 2.97. The summed E-state index contributed by atoms with van der Waals surface area (Å²) in [6.07, 6.45) is -4.82. The van der Waals surface area contributed by atoms with Crippen LogP contribution in [0.25, 0.3) is 0 Å². The molecule has 0 spiro atoms. The topological polar surface area (TPSA) is 17.1 Å². The van der Waals surface area contributed by atoms with E-state index in [4.69, 9.17) is 0 Å². The molecule has 0 aliphatic carbocycles. The van der Waals surface area contributed by atoms with Gasteiger partial charge in [-0.2, -0.15) is 13.2 Å². The van der Waals surface area contributed by atoms with E-state index in [1.807, 2.05) is 0 Å². The van der Waals surface area contributed by atoms with Crippen LogP contribution in [-0.4, -0.2) is 12.0 Å². The van der Waals surface area contributed by atoms with Crippen molar-refractivity contribution in [2.45, 2.75) is 20.0 Å². The summed E-state index contributed by atoms with van der Waals surface area (Å²) in [5, 5.41) is 0. The first-order chi connectivity index (χ1) is 6.73. The van der Waals surface area contributed by atoms with E-state index in [9.17, 15) is 18.0 Å². The number of carbonyl (C=O) groups is 1. The van der Waals surface area contributed by atoms with E-state index in [-0.39, 0.29) is 5.56 Å². The Labute approximate surface area is 93.4 Å². The normalized spacial score (nSPS) is 11.6. The van der Waals surface area contributed by atoms with Gasteiger partial charge in [-0.15, -0.1) is 0 Å². The highest BCUT2D eigenvalue weighted by Crippen LogP contribution is 2.27. The standard InChI is InChI=1S/C10H8BrF3O/c1-5-3-7(11)4-6(2)8(5)9(15)10(12,13)14/h3-4H,1-2H3. The zero-order valence-electron chi connectivity index (χ0n) is 8.07. The van der Waals surface area contributed by atoms with E-state index in [1.165, 1.54) is 26.0 Å². The Hall–Kier alpha value is -0.840. The molecule has 1 nitrogen and oxygen atoms in total. The molecule has 0 atom stereocenters. The van der Waals surface area contributed by atoms with Gasteiger partial charge in [-0.05, 0) is 37.1 Å². The van der Waals surface area contributed by atoms with Gasteiger partial charge in [-0.25, -0.2) is 0 Å². The summed E-state index contributed by atoms with van der Waals surface area (Å²) >= 11 is 3.15. The first-order valence-corrected chi connectivity index (χ1v) is 4.91. The lowest BCUT2D eigenvalue weighted by atomic mass is 9.99. The monoisotopic (exact) mass is 280 g/mol. The minimum atomic E-state index is -4.82. The number of rotatable bonds is 1. The number of aryl methyl sites for hydroxylation is 2. The smallest absolute Gasteiger partial charge is 0.284 e. The van der Waals surface area contributed by atoms with Crippen molar-refractivity contribution in [3.8, 4) is 0 Å². The highest BCUT2D eigenvalue weighted by atomic mass is 79.9. The maximum absolute atomic E-state index is 12.2. The number of Topliss-reactive ketones (excluding diaryl/α,β-unsaturated/α-hetero) is 1. The van der Waals surface area contributed by atoms with Crippen LogP contribution in [0.2, 0.25) is 0 Å². The average Bonchev–Trinajstić information content (AvgIpc) is 1.99. The molecule has 82 valence electrons. The highest BCUT2D eigenvalue weighted by Gasteiger charge is 2.40. The second kappa shape index (κ2) is 3.96. The molecule has 0 aliphatic heterocycles. The highest BCUT2D eigenvalue weighted by molar-refractivity contribution is 9.10. The van der Waals surface area contributed by atoms with Crippen LogP contribution in [0.5, 0.6) is 0 Å². The lowest BCUT2D eigenvalue weighted by molar-refractivity contribution is -0.0886. The molecule has 1 rings (SSSR count). The van der Waals surface area contributed by atoms with Gasteiger partial charge >= 0.3 is 6.18 Å². The Morgan fingerprint density at radius 2 is 1.60 bits per heavy atom. The number of alkyl halides is 3. The third-order valence-corrected chi connectivity index (χ3v) is 2.44. The Kier molecular flexibility index (Phi) is 3.23. The van der Waals surface area contributed by atoms with Crippen molar-refractivity contribution >= 4 is 21.7 Å². The van der Waals surface area contributed by atoms with E-state index < -0.39 is 12.0 Å². The minimum absolute atomic E-state index is 0.259. The SMILES string of the molecule is Cc1cc(Br)cc(C)c1C(=O)C(F)(F)F. The van der Waals surface area contributed by atoms with Crippen LogP contribution in [0, 0.1) is 13.8 Å². The molecule has 0 aromatic heterocycles. The van der Waals surface area contributed by atoms with Gasteiger partial charge in [-0.3, -0.25) is 4.79 Å². The van der Waals surface area contributed by atoms with Crippen molar-refractivity contribution in [3.05, 3.63) is 33.3 Å². The molecule has 0 saturated heterocycles. The minimum Gasteiger partial charge on any atom is -0.284 e. The molecular weight excluding hydrogens is 273 g/mol. The second-order valence-corrected chi connectivity index (χ2v) is 4.16. The van der Waals surface area contributed by atoms with Crippen molar-refractivity contribution in [2.75, 3.05) is 0 Å². The lowest BCUT2D eigenvalue weighted by Gasteiger charge is -2.11. The van der Waals surface area contributed by atoms with Crippen molar-refractivity contribution < 1.29 is 18.0 Å². The maximum atomic E-state index is 12.2. The van der Waals surface area contributed by atoms with Crippen LogP contribution in [0.3, 0.4) is 0 Å². The largest absolute Gasteiger partial charge is 0.454 e. The Morgan fingerprint density at radius 3 is 1.93 bits per heavy atom. The summed E-state index contributed by atoms with van der Waals surface area (Å²) in [5.74, 6) is -1.79. The van der Waals surface area contributed by atoms with Gasteiger partial charge in [0.05, 0.1) is 0 Å². The van der Waals surface area contributed by atoms with Crippen LogP contribution in [0.1, 0.15) is 21.5 Å². The van der Waals surface area contributed by atoms with Gasteiger partial charge < -0.3 is 0 Å². The van der Waals surface area contributed by atoms with E-state index >= 15 is 0 Å². The molecule has 0 aliphatic rings. The van der Waals surface area contributed by atoms with Crippen LogP contribution in [-0.2, 0) is 0 Å². The van der Waals surface area contributed by atoms with Crippen LogP contribution in [0.4, 0.5) is 13.2 Å². The molecule has 5 heteroatoms. The molecule has 0 heterocycles. The molecule has 0 N–H and O–H groups in total. The van der Waals surface area contributed by atoms with Gasteiger partial charge in [0.25, 0.3) is 5.78 Å². The molecule has 0 unspecified atom stereocenters. The average molecular weight is 281 g/mol. The number of benzene rings is 1. The third-order valence-electron chi connectivity index (χ3n) is 1.98. The fourth-order valence-electron chi connectivity index (χ4n) is 1.41. The van der Waals surface area contributed by atoms with E-state index in [0.717, 1.165) is 0 Å². The van der Waals surface area contributed by atoms with Crippen molar-refractivity contribution in [2.24, 2.45) is 0 Å². The molecule has 0 radical (unpaired) electrons. The molecular formula is C10H8BrF3O. The number of hydrogen-bond donors (Lipinski definition) is 0. The number of ketones is 1. The zero-order valence-corrected chi connectivity index (χ0v) is 9.66. The summed E-state index contributed by atoms with van der Waals surface area (Å²) in [7, 11) is 0. The number of hydrogen-bond acceptors (Lipinski definition) is 1. The number of carbonyl (C=O) groups excluding carboxylic acids is 1. The molecule has 0 fully saturated rings. The predicted molar refractivity (Wildman–Crippen MR) is 54.0 cm³/mol. The molecule has 1 aromatic carbocycles. The maximum Gasteiger partial charge on any atom is 0.454 e. The van der Waals surface area contributed by atoms with E-state index in [2.05, 4.69) is 15.9 Å². The van der Waals surface area contributed by atoms with Crippen molar-refractivity contribution in [3.63, 3.8) is 0 Å². The number of halogens is 4. The lowest BCUT2D eigenvalue weighted by Crippen LogP contribution is -2.24. The Bertz CT molecular complexity index is 387. The van der Waals surface area contributed by atoms with Gasteiger partial charge in [0.1, 0.15) is 0 Å². The van der Waals surface area contributed by atoms with Gasteiger partial charge in [0, 0.05) is 10.0 Å². The van der Waals surface area contributed by atoms with Crippen molar-refractivity contribution in [1.29, 1.82) is 0 Å². The predicted octanol–water partition coefficient (Wildman–Crippen LogP) is 3.81. The summed E-state index contributed by atoms with van der Waals surface area (Å²) < 4.78 is 37.4. The molecule has 1 aromatic rings. The first-order valence-electron chi connectivity index (χ1n) is 4.11. The zero-order chi connectivity index (χ0) is 11.8. The molecule has 0 bridgehead atoms. The molecule has 0 saturated carbocycles. The second-order valence-electron chi connectivity index (χ2n) is 3.24. The molecule has 15 heavy (non-hydrogen) atoms. The fourth-order valence-corrected chi connectivity index (χ4v) is 2.10.